The van der Waals surface area contributed by atoms with Crippen molar-refractivity contribution in [1.29, 1.82) is 0 Å². The van der Waals surface area contributed by atoms with E-state index in [4.69, 9.17) is 5.11 Å². The van der Waals surface area contributed by atoms with E-state index in [1.54, 1.807) is 11.8 Å². The third-order valence-corrected chi connectivity index (χ3v) is 4.10. The molecule has 0 aromatic heterocycles. The fourth-order valence-corrected chi connectivity index (χ4v) is 2.99. The van der Waals surface area contributed by atoms with Crippen LogP contribution in [0.5, 0.6) is 0 Å². The number of carbonyl (C=O) groups excluding carboxylic acids is 2. The molecule has 0 aromatic rings. The zero-order valence-corrected chi connectivity index (χ0v) is 13.2. The van der Waals surface area contributed by atoms with Gasteiger partial charge in [-0.05, 0) is 5.92 Å². The van der Waals surface area contributed by atoms with Crippen molar-refractivity contribution in [3.8, 4) is 0 Å². The number of nitrogens with one attached hydrogen (secondary N) is 2. The van der Waals surface area contributed by atoms with Crippen LogP contribution in [0.2, 0.25) is 0 Å². The molecule has 8 heteroatoms. The van der Waals surface area contributed by atoms with Gasteiger partial charge in [0.05, 0.1) is 19.0 Å². The summed E-state index contributed by atoms with van der Waals surface area (Å²) in [4.78, 5) is 35.9. The Kier molecular flexibility index (Phi) is 7.35. The molecule has 0 aromatic carbocycles. The van der Waals surface area contributed by atoms with Crippen molar-refractivity contribution in [1.82, 2.24) is 15.5 Å². The maximum atomic E-state index is 12.1. The minimum Gasteiger partial charge on any atom is -0.481 e. The van der Waals surface area contributed by atoms with Gasteiger partial charge in [0.15, 0.2) is 0 Å². The Morgan fingerprint density at radius 2 is 2.05 bits per heavy atom. The van der Waals surface area contributed by atoms with Gasteiger partial charge in [-0.1, -0.05) is 13.8 Å². The average molecular weight is 317 g/mol. The van der Waals surface area contributed by atoms with Gasteiger partial charge in [-0.2, -0.15) is 11.8 Å². The van der Waals surface area contributed by atoms with Gasteiger partial charge in [-0.3, -0.25) is 9.59 Å². The highest BCUT2D eigenvalue weighted by Gasteiger charge is 2.28. The molecule has 1 aliphatic rings. The van der Waals surface area contributed by atoms with Gasteiger partial charge in [-0.15, -0.1) is 0 Å². The molecule has 0 saturated carbocycles. The molecule has 1 atom stereocenters. The summed E-state index contributed by atoms with van der Waals surface area (Å²) in [5.41, 5.74) is 0. The van der Waals surface area contributed by atoms with Crippen molar-refractivity contribution in [2.24, 2.45) is 5.92 Å². The van der Waals surface area contributed by atoms with Crippen molar-refractivity contribution in [3.63, 3.8) is 0 Å². The first-order valence-corrected chi connectivity index (χ1v) is 8.16. The summed E-state index contributed by atoms with van der Waals surface area (Å²) in [5, 5.41) is 14.1. The second-order valence-corrected chi connectivity index (χ2v) is 6.53. The molecule has 3 N–H and O–H groups in total. The molecule has 120 valence electrons. The van der Waals surface area contributed by atoms with Crippen molar-refractivity contribution in [2.45, 2.75) is 26.3 Å². The van der Waals surface area contributed by atoms with E-state index >= 15 is 0 Å². The van der Waals surface area contributed by atoms with E-state index in [0.717, 1.165) is 5.75 Å². The lowest BCUT2D eigenvalue weighted by Gasteiger charge is -2.34. The Hall–Kier alpha value is -1.44. The molecule has 0 spiro atoms. The second-order valence-electron chi connectivity index (χ2n) is 5.38. The van der Waals surface area contributed by atoms with Gasteiger partial charge in [-0.25, -0.2) is 4.79 Å². The Balaban J connectivity index is 2.41. The van der Waals surface area contributed by atoms with Crippen LogP contribution in [0.15, 0.2) is 0 Å². The Bertz CT molecular complexity index is 390. The molecular weight excluding hydrogens is 294 g/mol. The van der Waals surface area contributed by atoms with Crippen LogP contribution < -0.4 is 10.6 Å². The number of hydrogen-bond acceptors (Lipinski definition) is 4. The van der Waals surface area contributed by atoms with Crippen LogP contribution in [0.25, 0.3) is 0 Å². The summed E-state index contributed by atoms with van der Waals surface area (Å²) in [5.74, 6) is 0.583. The third-order valence-electron chi connectivity index (χ3n) is 3.01. The van der Waals surface area contributed by atoms with Crippen LogP contribution in [0.1, 0.15) is 20.3 Å². The van der Waals surface area contributed by atoms with Gasteiger partial charge in [0.25, 0.3) is 0 Å². The van der Waals surface area contributed by atoms with E-state index < -0.39 is 5.97 Å². The van der Waals surface area contributed by atoms with E-state index in [1.807, 2.05) is 13.8 Å². The number of nitrogens with zero attached hydrogens (tertiary/aromatic N) is 1. The molecule has 21 heavy (non-hydrogen) atoms. The second kappa shape index (κ2) is 8.76. The standard InChI is InChI=1S/C13H23N3O4S/c1-9(2)6-14-11(17)7-15-13(20)16-3-4-21-8-10(16)5-12(18)19/h9-10H,3-8H2,1-2H3,(H,14,17)(H,15,20)(H,18,19). The van der Waals surface area contributed by atoms with Crippen LogP contribution in [0.4, 0.5) is 4.79 Å². The minimum absolute atomic E-state index is 0.0695. The maximum Gasteiger partial charge on any atom is 0.318 e. The van der Waals surface area contributed by atoms with Gasteiger partial charge >= 0.3 is 12.0 Å². The first-order chi connectivity index (χ1) is 9.90. The van der Waals surface area contributed by atoms with Crippen LogP contribution in [-0.4, -0.2) is 65.1 Å². The van der Waals surface area contributed by atoms with E-state index in [9.17, 15) is 14.4 Å². The first kappa shape index (κ1) is 17.6. The summed E-state index contributed by atoms with van der Waals surface area (Å²) in [6.07, 6.45) is -0.0695. The number of urea groups is 1. The minimum atomic E-state index is -0.921. The summed E-state index contributed by atoms with van der Waals surface area (Å²) in [7, 11) is 0. The maximum absolute atomic E-state index is 12.1. The molecule has 1 saturated heterocycles. The number of amides is 3. The summed E-state index contributed by atoms with van der Waals surface area (Å²) in [6, 6.07) is -0.693. The van der Waals surface area contributed by atoms with Crippen LogP contribution in [0.3, 0.4) is 0 Å². The normalized spacial score (nSPS) is 18.4. The van der Waals surface area contributed by atoms with Crippen molar-refractivity contribution >= 4 is 29.7 Å². The van der Waals surface area contributed by atoms with Crippen LogP contribution >= 0.6 is 11.8 Å². The quantitative estimate of drug-likeness (QED) is 0.657. The highest BCUT2D eigenvalue weighted by atomic mass is 32.2. The SMILES string of the molecule is CC(C)CNC(=O)CNC(=O)N1CCSCC1CC(=O)O. The number of hydrogen-bond donors (Lipinski definition) is 3. The number of carbonyl (C=O) groups is 3. The highest BCUT2D eigenvalue weighted by Crippen LogP contribution is 2.18. The molecule has 0 aliphatic carbocycles. The fraction of sp³-hybridized carbons (Fsp3) is 0.769. The van der Waals surface area contributed by atoms with E-state index in [2.05, 4.69) is 10.6 Å². The van der Waals surface area contributed by atoms with Crippen molar-refractivity contribution in [2.75, 3.05) is 31.1 Å². The number of rotatable bonds is 6. The smallest absolute Gasteiger partial charge is 0.318 e. The molecule has 1 rings (SSSR count). The molecule has 1 fully saturated rings. The largest absolute Gasteiger partial charge is 0.481 e. The number of aliphatic carboxylic acids is 1. The number of carboxylic acid groups (broad SMARTS) is 1. The Morgan fingerprint density at radius 1 is 1.33 bits per heavy atom. The summed E-state index contributed by atoms with van der Waals surface area (Å²) < 4.78 is 0. The lowest BCUT2D eigenvalue weighted by molar-refractivity contribution is -0.138. The molecule has 1 heterocycles. The summed E-state index contributed by atoms with van der Waals surface area (Å²) >= 11 is 1.64. The molecule has 7 nitrogen and oxygen atoms in total. The molecule has 1 unspecified atom stereocenters. The number of carboxylic acids is 1. The predicted molar refractivity (Wildman–Crippen MR) is 81.3 cm³/mol. The van der Waals surface area contributed by atoms with Gasteiger partial charge in [0.1, 0.15) is 0 Å². The number of thioether (sulfide) groups is 1. The van der Waals surface area contributed by atoms with Gasteiger partial charge in [0, 0.05) is 24.6 Å². The average Bonchev–Trinajstić information content (AvgIpc) is 2.42. The van der Waals surface area contributed by atoms with E-state index in [1.165, 1.54) is 4.90 Å². The van der Waals surface area contributed by atoms with Crippen LogP contribution in [0, 0.1) is 5.92 Å². The molecule has 3 amide bonds. The lowest BCUT2D eigenvalue weighted by atomic mass is 10.2. The Labute approximate surface area is 128 Å². The van der Waals surface area contributed by atoms with Crippen molar-refractivity contribution < 1.29 is 19.5 Å². The van der Waals surface area contributed by atoms with E-state index in [-0.39, 0.29) is 30.9 Å². The highest BCUT2D eigenvalue weighted by molar-refractivity contribution is 7.99. The molecule has 1 aliphatic heterocycles. The zero-order valence-electron chi connectivity index (χ0n) is 12.4. The fourth-order valence-electron chi connectivity index (χ4n) is 1.93. The molecule has 0 radical (unpaired) electrons. The Morgan fingerprint density at radius 3 is 2.67 bits per heavy atom. The topological polar surface area (TPSA) is 98.7 Å². The van der Waals surface area contributed by atoms with Crippen LogP contribution in [-0.2, 0) is 9.59 Å². The monoisotopic (exact) mass is 317 g/mol. The van der Waals surface area contributed by atoms with E-state index in [0.29, 0.717) is 24.8 Å². The third kappa shape index (κ3) is 6.70. The first-order valence-electron chi connectivity index (χ1n) is 7.01. The van der Waals surface area contributed by atoms with Crippen molar-refractivity contribution in [3.05, 3.63) is 0 Å². The molecular formula is C13H23N3O4S. The summed E-state index contributed by atoms with van der Waals surface area (Å²) in [6.45, 7) is 4.95. The van der Waals surface area contributed by atoms with Gasteiger partial charge < -0.3 is 20.6 Å². The zero-order chi connectivity index (χ0) is 15.8. The molecule has 0 bridgehead atoms. The lowest BCUT2D eigenvalue weighted by Crippen LogP contribution is -2.52. The van der Waals surface area contributed by atoms with Gasteiger partial charge in [0.2, 0.25) is 5.91 Å². The predicted octanol–water partition coefficient (Wildman–Crippen LogP) is 0.360.